The third-order valence-corrected chi connectivity index (χ3v) is 4.53. The highest BCUT2D eigenvalue weighted by atomic mass is 79.9. The van der Waals surface area contributed by atoms with E-state index < -0.39 is 0 Å². The van der Waals surface area contributed by atoms with Crippen molar-refractivity contribution in [2.24, 2.45) is 5.92 Å². The number of hydrogen-bond acceptors (Lipinski definition) is 2. The molecule has 1 fully saturated rings. The Kier molecular flexibility index (Phi) is 3.46. The van der Waals surface area contributed by atoms with E-state index in [4.69, 9.17) is 0 Å². The van der Waals surface area contributed by atoms with Gasteiger partial charge in [0.25, 0.3) is 5.91 Å². The van der Waals surface area contributed by atoms with E-state index in [9.17, 15) is 4.79 Å². The lowest BCUT2D eigenvalue weighted by Gasteiger charge is -2.29. The Morgan fingerprint density at radius 1 is 1.53 bits per heavy atom. The second-order valence-electron chi connectivity index (χ2n) is 4.10. The van der Waals surface area contributed by atoms with E-state index in [1.807, 2.05) is 16.3 Å². The van der Waals surface area contributed by atoms with E-state index in [1.54, 1.807) is 0 Å². The molecule has 0 bridgehead atoms. The normalized spacial score (nSPS) is 18.1. The molecule has 1 aliphatic heterocycles. The minimum atomic E-state index is 0.192. The van der Waals surface area contributed by atoms with Crippen molar-refractivity contribution >= 4 is 33.2 Å². The van der Waals surface area contributed by atoms with Gasteiger partial charge in [-0.2, -0.15) is 0 Å². The molecule has 2 nitrogen and oxygen atoms in total. The first kappa shape index (κ1) is 11.1. The number of carbonyl (C=O) groups is 1. The number of amides is 1. The van der Waals surface area contributed by atoms with E-state index >= 15 is 0 Å². The Morgan fingerprint density at radius 2 is 2.20 bits per heavy atom. The molecule has 4 heteroatoms. The van der Waals surface area contributed by atoms with E-state index in [2.05, 4.69) is 22.9 Å². The smallest absolute Gasteiger partial charge is 0.263 e. The first-order valence-corrected chi connectivity index (χ1v) is 6.87. The summed E-state index contributed by atoms with van der Waals surface area (Å²) in [6.07, 6.45) is 2.27. The van der Waals surface area contributed by atoms with Gasteiger partial charge < -0.3 is 4.90 Å². The number of carbonyl (C=O) groups excluding carboxylic acids is 1. The molecule has 2 heterocycles. The van der Waals surface area contributed by atoms with E-state index in [-0.39, 0.29) is 5.91 Å². The highest BCUT2D eigenvalue weighted by Crippen LogP contribution is 2.23. The molecule has 0 aliphatic carbocycles. The number of piperidine rings is 1. The second kappa shape index (κ2) is 4.66. The number of rotatable bonds is 1. The lowest BCUT2D eigenvalue weighted by Crippen LogP contribution is -2.37. The summed E-state index contributed by atoms with van der Waals surface area (Å²) in [6.45, 7) is 4.08. The van der Waals surface area contributed by atoms with Crippen LogP contribution in [-0.4, -0.2) is 23.9 Å². The van der Waals surface area contributed by atoms with Gasteiger partial charge in [-0.05, 0) is 40.8 Å². The SMILES string of the molecule is CC1CCN(C(=O)c2cc(Br)cs2)CC1. The third-order valence-electron chi connectivity index (χ3n) is 2.85. The maximum absolute atomic E-state index is 12.0. The van der Waals surface area contributed by atoms with Gasteiger partial charge in [0, 0.05) is 22.9 Å². The van der Waals surface area contributed by atoms with Crippen LogP contribution < -0.4 is 0 Å². The molecule has 82 valence electrons. The predicted octanol–water partition coefficient (Wildman–Crippen LogP) is 3.38. The minimum Gasteiger partial charge on any atom is -0.338 e. The molecule has 1 aromatic rings. The van der Waals surface area contributed by atoms with Crippen molar-refractivity contribution < 1.29 is 4.79 Å². The van der Waals surface area contributed by atoms with Crippen molar-refractivity contribution in [1.29, 1.82) is 0 Å². The summed E-state index contributed by atoms with van der Waals surface area (Å²) >= 11 is 4.89. The van der Waals surface area contributed by atoms with E-state index in [0.717, 1.165) is 41.2 Å². The summed E-state index contributed by atoms with van der Waals surface area (Å²) in [6, 6.07) is 1.91. The van der Waals surface area contributed by atoms with Gasteiger partial charge >= 0.3 is 0 Å². The fourth-order valence-corrected chi connectivity index (χ4v) is 3.19. The third kappa shape index (κ3) is 2.61. The number of nitrogens with zero attached hydrogens (tertiary/aromatic N) is 1. The van der Waals surface area contributed by atoms with Crippen LogP contribution in [-0.2, 0) is 0 Å². The maximum atomic E-state index is 12.0. The van der Waals surface area contributed by atoms with Crippen LogP contribution in [0.1, 0.15) is 29.4 Å². The van der Waals surface area contributed by atoms with Gasteiger partial charge in [0.15, 0.2) is 0 Å². The van der Waals surface area contributed by atoms with Gasteiger partial charge in [-0.15, -0.1) is 11.3 Å². The zero-order valence-electron chi connectivity index (χ0n) is 8.70. The maximum Gasteiger partial charge on any atom is 0.263 e. The molecule has 0 unspecified atom stereocenters. The molecule has 0 aromatic carbocycles. The van der Waals surface area contributed by atoms with Gasteiger partial charge in [-0.1, -0.05) is 6.92 Å². The van der Waals surface area contributed by atoms with Crippen molar-refractivity contribution in [2.45, 2.75) is 19.8 Å². The summed E-state index contributed by atoms with van der Waals surface area (Å²) < 4.78 is 1.00. The predicted molar refractivity (Wildman–Crippen MR) is 66.3 cm³/mol. The lowest BCUT2D eigenvalue weighted by molar-refractivity contribution is 0.0702. The zero-order chi connectivity index (χ0) is 10.8. The summed E-state index contributed by atoms with van der Waals surface area (Å²) in [5.74, 6) is 0.960. The molecule has 0 spiro atoms. The van der Waals surface area contributed by atoms with Crippen LogP contribution in [0, 0.1) is 5.92 Å². The number of likely N-dealkylation sites (tertiary alicyclic amines) is 1. The number of hydrogen-bond donors (Lipinski definition) is 0. The highest BCUT2D eigenvalue weighted by molar-refractivity contribution is 9.10. The van der Waals surface area contributed by atoms with Crippen molar-refractivity contribution in [2.75, 3.05) is 13.1 Å². The average Bonchev–Trinajstić information content (AvgIpc) is 2.65. The summed E-state index contributed by atoms with van der Waals surface area (Å²) in [5.41, 5.74) is 0. The monoisotopic (exact) mass is 287 g/mol. The van der Waals surface area contributed by atoms with Crippen molar-refractivity contribution in [1.82, 2.24) is 4.90 Å². The molecule has 15 heavy (non-hydrogen) atoms. The van der Waals surface area contributed by atoms with Gasteiger partial charge in [-0.25, -0.2) is 0 Å². The summed E-state index contributed by atoms with van der Waals surface area (Å²) in [7, 11) is 0. The van der Waals surface area contributed by atoms with Crippen molar-refractivity contribution in [3.63, 3.8) is 0 Å². The summed E-state index contributed by atoms with van der Waals surface area (Å²) in [4.78, 5) is 14.8. The van der Waals surface area contributed by atoms with Crippen LogP contribution >= 0.6 is 27.3 Å². The largest absolute Gasteiger partial charge is 0.338 e. The van der Waals surface area contributed by atoms with Crippen LogP contribution in [0.3, 0.4) is 0 Å². The fourth-order valence-electron chi connectivity index (χ4n) is 1.79. The van der Waals surface area contributed by atoms with E-state index in [1.165, 1.54) is 11.3 Å². The van der Waals surface area contributed by atoms with Crippen LogP contribution in [0.15, 0.2) is 15.9 Å². The van der Waals surface area contributed by atoms with Crippen LogP contribution in [0.5, 0.6) is 0 Å². The van der Waals surface area contributed by atoms with Gasteiger partial charge in [0.05, 0.1) is 4.88 Å². The molecule has 0 radical (unpaired) electrons. The number of thiophene rings is 1. The van der Waals surface area contributed by atoms with Gasteiger partial charge in [0.1, 0.15) is 0 Å². The van der Waals surface area contributed by atoms with Gasteiger partial charge in [0.2, 0.25) is 0 Å². The average molecular weight is 288 g/mol. The quantitative estimate of drug-likeness (QED) is 0.775. The van der Waals surface area contributed by atoms with Crippen molar-refractivity contribution in [3.05, 3.63) is 20.8 Å². The molecule has 0 atom stereocenters. The molecular formula is C11H14BrNOS. The molecular weight excluding hydrogens is 274 g/mol. The minimum absolute atomic E-state index is 0.192. The molecule has 2 rings (SSSR count). The fraction of sp³-hybridized carbons (Fsp3) is 0.545. The van der Waals surface area contributed by atoms with E-state index in [0.29, 0.717) is 0 Å². The van der Waals surface area contributed by atoms with Crippen LogP contribution in [0.4, 0.5) is 0 Å². The first-order valence-electron chi connectivity index (χ1n) is 5.20. The second-order valence-corrected chi connectivity index (χ2v) is 5.93. The standard InChI is InChI=1S/C11H14BrNOS/c1-8-2-4-13(5-3-8)11(14)10-6-9(12)7-15-10/h6-8H,2-5H2,1H3. The highest BCUT2D eigenvalue weighted by Gasteiger charge is 2.22. The first-order chi connectivity index (χ1) is 7.16. The molecule has 1 aliphatic rings. The molecule has 0 N–H and O–H groups in total. The molecule has 1 aromatic heterocycles. The lowest BCUT2D eigenvalue weighted by atomic mass is 9.99. The Morgan fingerprint density at radius 3 is 2.73 bits per heavy atom. The molecule has 1 saturated heterocycles. The Hall–Kier alpha value is -0.350. The molecule has 0 saturated carbocycles. The summed E-state index contributed by atoms with van der Waals surface area (Å²) in [5, 5.41) is 1.96. The van der Waals surface area contributed by atoms with Crippen molar-refractivity contribution in [3.8, 4) is 0 Å². The Bertz CT molecular complexity index is 355. The Balaban J connectivity index is 2.02. The number of halogens is 1. The van der Waals surface area contributed by atoms with Crippen LogP contribution in [0.25, 0.3) is 0 Å². The van der Waals surface area contributed by atoms with Crippen LogP contribution in [0.2, 0.25) is 0 Å². The topological polar surface area (TPSA) is 20.3 Å². The Labute approximate surface area is 102 Å². The zero-order valence-corrected chi connectivity index (χ0v) is 11.1. The molecule has 1 amide bonds. The van der Waals surface area contributed by atoms with Gasteiger partial charge in [-0.3, -0.25) is 4.79 Å².